The second-order valence-corrected chi connectivity index (χ2v) is 4.22. The smallest absolute Gasteiger partial charge is 0.400 e. The highest BCUT2D eigenvalue weighted by molar-refractivity contribution is 5.96. The van der Waals surface area contributed by atoms with Gasteiger partial charge in [-0.15, -0.1) is 0 Å². The first-order valence-corrected chi connectivity index (χ1v) is 6.07. The van der Waals surface area contributed by atoms with Crippen LogP contribution in [0.4, 0.5) is 11.6 Å². The van der Waals surface area contributed by atoms with Gasteiger partial charge in [0, 0.05) is 6.07 Å². The van der Waals surface area contributed by atoms with Crippen LogP contribution in [0.5, 0.6) is 0 Å². The molecule has 2 aromatic rings. The Hall–Kier alpha value is -3.63. The van der Waals surface area contributed by atoms with E-state index in [4.69, 9.17) is 4.42 Å². The number of rotatable bonds is 5. The lowest BCUT2D eigenvalue weighted by atomic mass is 10.2. The average Bonchev–Trinajstić information content (AvgIpc) is 2.96. The van der Waals surface area contributed by atoms with Gasteiger partial charge in [-0.25, -0.2) is 5.43 Å². The number of hydrogen-bond acceptors (Lipinski definition) is 8. The van der Waals surface area contributed by atoms with Crippen LogP contribution in [0.2, 0.25) is 0 Å². The molecule has 0 spiro atoms. The van der Waals surface area contributed by atoms with Crippen LogP contribution in [0.3, 0.4) is 0 Å². The molecule has 0 unspecified atom stereocenters. The van der Waals surface area contributed by atoms with Crippen LogP contribution >= 0.6 is 0 Å². The van der Waals surface area contributed by atoms with Gasteiger partial charge >= 0.3 is 5.88 Å². The van der Waals surface area contributed by atoms with Crippen molar-refractivity contribution < 1.29 is 19.1 Å². The van der Waals surface area contributed by atoms with Crippen LogP contribution in [0.15, 0.2) is 33.9 Å². The minimum Gasteiger partial charge on any atom is -0.400 e. The number of pyridine rings is 1. The Kier molecular flexibility index (Phi) is 4.40. The van der Waals surface area contributed by atoms with Gasteiger partial charge in [-0.1, -0.05) is 0 Å². The number of carbonyl (C=O) groups is 1. The van der Waals surface area contributed by atoms with E-state index in [1.807, 2.05) is 0 Å². The zero-order chi connectivity index (χ0) is 17.0. The van der Waals surface area contributed by atoms with Gasteiger partial charge in [0.15, 0.2) is 5.76 Å². The maximum atomic E-state index is 11.9. The topological polar surface area (TPSA) is 154 Å². The van der Waals surface area contributed by atoms with Crippen molar-refractivity contribution in [2.24, 2.45) is 5.10 Å². The van der Waals surface area contributed by atoms with Gasteiger partial charge in [0.05, 0.1) is 28.5 Å². The first kappa shape index (κ1) is 15.8. The van der Waals surface area contributed by atoms with E-state index in [-0.39, 0.29) is 22.7 Å². The van der Waals surface area contributed by atoms with Gasteiger partial charge in [0.1, 0.15) is 11.1 Å². The lowest BCUT2D eigenvalue weighted by molar-refractivity contribution is -0.402. The molecule has 11 heteroatoms. The van der Waals surface area contributed by atoms with Crippen molar-refractivity contribution in [3.05, 3.63) is 61.6 Å². The van der Waals surface area contributed by atoms with E-state index in [0.717, 1.165) is 24.5 Å². The molecule has 1 N–H and O–H groups in total. The summed E-state index contributed by atoms with van der Waals surface area (Å²) in [5, 5.41) is 24.7. The zero-order valence-electron chi connectivity index (χ0n) is 11.6. The molecule has 0 atom stereocenters. The predicted molar refractivity (Wildman–Crippen MR) is 76.1 cm³/mol. The second kappa shape index (κ2) is 6.43. The maximum Gasteiger partial charge on any atom is 0.433 e. The average molecular weight is 319 g/mol. The molecule has 0 radical (unpaired) electrons. The number of furan rings is 1. The van der Waals surface area contributed by atoms with Crippen molar-refractivity contribution in [2.75, 3.05) is 0 Å². The van der Waals surface area contributed by atoms with Crippen LogP contribution in [-0.4, -0.2) is 27.0 Å². The van der Waals surface area contributed by atoms with Crippen LogP contribution in [-0.2, 0) is 0 Å². The maximum absolute atomic E-state index is 11.9. The van der Waals surface area contributed by atoms with Crippen molar-refractivity contribution in [1.29, 1.82) is 0 Å². The summed E-state index contributed by atoms with van der Waals surface area (Å²) in [6.45, 7) is 1.51. The predicted octanol–water partition coefficient (Wildman–Crippen LogP) is 1.56. The molecule has 0 aliphatic carbocycles. The fourth-order valence-corrected chi connectivity index (χ4v) is 1.58. The number of nitro groups is 2. The summed E-state index contributed by atoms with van der Waals surface area (Å²) in [5.74, 6) is -1.11. The van der Waals surface area contributed by atoms with E-state index in [1.165, 1.54) is 13.0 Å². The lowest BCUT2D eigenvalue weighted by Gasteiger charge is -2.02. The summed E-state index contributed by atoms with van der Waals surface area (Å²) < 4.78 is 4.81. The molecule has 23 heavy (non-hydrogen) atoms. The summed E-state index contributed by atoms with van der Waals surface area (Å²) in [6, 6.07) is 3.51. The number of carbonyl (C=O) groups excluding carboxylic acids is 1. The minimum absolute atomic E-state index is 0.0122. The van der Waals surface area contributed by atoms with Crippen LogP contribution < -0.4 is 5.43 Å². The van der Waals surface area contributed by atoms with Gasteiger partial charge in [0.2, 0.25) is 0 Å². The second-order valence-electron chi connectivity index (χ2n) is 4.22. The third-order valence-corrected chi connectivity index (χ3v) is 2.68. The molecule has 0 bridgehead atoms. The molecular formula is C12H9N5O6. The van der Waals surface area contributed by atoms with E-state index in [0.29, 0.717) is 0 Å². The first-order chi connectivity index (χ1) is 10.9. The SMILES string of the molecule is Cc1ncc([N+](=O)[O-])cc1C(=O)N/N=C/c1ccc([N+](=O)[O-])o1. The van der Waals surface area contributed by atoms with E-state index in [1.54, 1.807) is 0 Å². The van der Waals surface area contributed by atoms with Crippen molar-refractivity contribution >= 4 is 23.7 Å². The van der Waals surface area contributed by atoms with Crippen LogP contribution in [0.25, 0.3) is 0 Å². The largest absolute Gasteiger partial charge is 0.433 e. The quantitative estimate of drug-likeness (QED) is 0.498. The van der Waals surface area contributed by atoms with E-state index in [9.17, 15) is 25.0 Å². The van der Waals surface area contributed by atoms with E-state index >= 15 is 0 Å². The Morgan fingerprint density at radius 1 is 1.35 bits per heavy atom. The summed E-state index contributed by atoms with van der Waals surface area (Å²) in [5.41, 5.74) is 2.08. The fraction of sp³-hybridized carbons (Fsp3) is 0.0833. The Labute approximate surface area is 127 Å². The van der Waals surface area contributed by atoms with Crippen molar-refractivity contribution in [1.82, 2.24) is 10.4 Å². The Balaban J connectivity index is 2.09. The Morgan fingerprint density at radius 2 is 2.09 bits per heavy atom. The third kappa shape index (κ3) is 3.72. The summed E-state index contributed by atoms with van der Waals surface area (Å²) in [7, 11) is 0. The van der Waals surface area contributed by atoms with Crippen molar-refractivity contribution in [3.63, 3.8) is 0 Å². The van der Waals surface area contributed by atoms with Crippen molar-refractivity contribution in [3.8, 4) is 0 Å². The molecule has 0 fully saturated rings. The molecule has 0 aliphatic heterocycles. The van der Waals surface area contributed by atoms with Crippen LogP contribution in [0.1, 0.15) is 21.8 Å². The monoisotopic (exact) mass is 319 g/mol. The van der Waals surface area contributed by atoms with Crippen molar-refractivity contribution in [2.45, 2.75) is 6.92 Å². The zero-order valence-corrected chi connectivity index (χ0v) is 11.6. The molecule has 0 saturated carbocycles. The van der Waals surface area contributed by atoms with Gasteiger partial charge in [0.25, 0.3) is 11.6 Å². The number of aryl methyl sites for hydroxylation is 1. The van der Waals surface area contributed by atoms with Gasteiger partial charge in [-0.05, 0) is 13.0 Å². The lowest BCUT2D eigenvalue weighted by Crippen LogP contribution is -2.19. The molecule has 0 aliphatic rings. The number of nitrogens with zero attached hydrogens (tertiary/aromatic N) is 4. The molecule has 118 valence electrons. The van der Waals surface area contributed by atoms with E-state index in [2.05, 4.69) is 15.5 Å². The third-order valence-electron chi connectivity index (χ3n) is 2.68. The van der Waals surface area contributed by atoms with Gasteiger partial charge in [-0.2, -0.15) is 5.10 Å². The summed E-state index contributed by atoms with van der Waals surface area (Å²) in [6.07, 6.45) is 2.10. The highest BCUT2D eigenvalue weighted by atomic mass is 16.6. The number of nitrogens with one attached hydrogen (secondary N) is 1. The first-order valence-electron chi connectivity index (χ1n) is 6.07. The molecule has 0 saturated heterocycles. The van der Waals surface area contributed by atoms with Gasteiger partial charge in [-0.3, -0.25) is 30.0 Å². The molecule has 2 heterocycles. The summed E-state index contributed by atoms with van der Waals surface area (Å²) >= 11 is 0. The van der Waals surface area contributed by atoms with Crippen LogP contribution in [0, 0.1) is 27.2 Å². The Morgan fingerprint density at radius 3 is 2.70 bits per heavy atom. The molecule has 11 nitrogen and oxygen atoms in total. The molecule has 2 aromatic heterocycles. The highest BCUT2D eigenvalue weighted by Gasteiger charge is 2.15. The molecule has 2 rings (SSSR count). The number of amides is 1. The fourth-order valence-electron chi connectivity index (χ4n) is 1.58. The highest BCUT2D eigenvalue weighted by Crippen LogP contribution is 2.15. The molecule has 1 amide bonds. The minimum atomic E-state index is -0.714. The number of hydrazone groups is 1. The molecule has 0 aromatic carbocycles. The summed E-state index contributed by atoms with van der Waals surface area (Å²) in [4.78, 5) is 35.4. The van der Waals surface area contributed by atoms with E-state index < -0.39 is 21.6 Å². The standard InChI is InChI=1S/C12H9N5O6/c1-7-10(4-8(5-13-7)16(19)20)12(18)15-14-6-9-2-3-11(23-9)17(21)22/h2-6H,1H3,(H,15,18)/b14-6+. The normalized spacial score (nSPS) is 10.7. The molecular weight excluding hydrogens is 310 g/mol. The Bertz CT molecular complexity index is 812. The number of hydrogen-bond donors (Lipinski definition) is 1. The number of aromatic nitrogens is 1. The van der Waals surface area contributed by atoms with Gasteiger partial charge < -0.3 is 4.42 Å².